The minimum atomic E-state index is -0.848. The van der Waals surface area contributed by atoms with Crippen molar-refractivity contribution in [2.45, 2.75) is 341 Å². The van der Waals surface area contributed by atoms with Crippen LogP contribution in [0.2, 0.25) is 0 Å². The van der Waals surface area contributed by atoms with Crippen molar-refractivity contribution >= 4 is 11.9 Å². The Labute approximate surface area is 430 Å². The van der Waals surface area contributed by atoms with E-state index < -0.39 is 12.1 Å². The van der Waals surface area contributed by atoms with E-state index in [2.05, 4.69) is 43.5 Å². The lowest BCUT2D eigenvalue weighted by atomic mass is 10.0. The van der Waals surface area contributed by atoms with Gasteiger partial charge in [-0.25, -0.2) is 0 Å². The molecule has 0 fully saturated rings. The Morgan fingerprint density at radius 1 is 0.391 bits per heavy atom. The maximum atomic E-state index is 12.4. The molecular formula is C63H119NO5. The summed E-state index contributed by atoms with van der Waals surface area (Å²) in [5.74, 6) is -0.0691. The first kappa shape index (κ1) is 67.1. The number of hydrogen-bond donors (Lipinski definition) is 3. The number of carbonyl (C=O) groups excluding carboxylic acids is 2. The van der Waals surface area contributed by atoms with Gasteiger partial charge >= 0.3 is 5.97 Å². The summed E-state index contributed by atoms with van der Waals surface area (Å²) in [7, 11) is 0. The lowest BCUT2D eigenvalue weighted by Crippen LogP contribution is -2.45. The van der Waals surface area contributed by atoms with Crippen molar-refractivity contribution < 1.29 is 24.5 Å². The maximum Gasteiger partial charge on any atom is 0.305 e. The number of ether oxygens (including phenoxy) is 1. The van der Waals surface area contributed by atoms with Crippen LogP contribution in [0.1, 0.15) is 328 Å². The van der Waals surface area contributed by atoms with Gasteiger partial charge in [0.2, 0.25) is 5.91 Å². The van der Waals surface area contributed by atoms with Gasteiger partial charge in [0.15, 0.2) is 0 Å². The molecule has 3 N–H and O–H groups in total. The van der Waals surface area contributed by atoms with Gasteiger partial charge in [-0.05, 0) is 83.5 Å². The second kappa shape index (κ2) is 58.6. The van der Waals surface area contributed by atoms with Gasteiger partial charge in [-0.3, -0.25) is 9.59 Å². The van der Waals surface area contributed by atoms with Crippen molar-refractivity contribution in [2.75, 3.05) is 13.2 Å². The summed E-state index contributed by atoms with van der Waals surface area (Å²) in [6, 6.07) is -0.632. The lowest BCUT2D eigenvalue weighted by molar-refractivity contribution is -0.143. The molecule has 0 aromatic carbocycles. The third-order valence-corrected chi connectivity index (χ3v) is 14.1. The molecule has 0 aliphatic carbocycles. The number of amides is 1. The first-order valence-corrected chi connectivity index (χ1v) is 30.8. The van der Waals surface area contributed by atoms with E-state index in [0.29, 0.717) is 19.4 Å². The largest absolute Gasteiger partial charge is 0.466 e. The van der Waals surface area contributed by atoms with Crippen LogP contribution < -0.4 is 5.32 Å². The lowest BCUT2D eigenvalue weighted by Gasteiger charge is -2.20. The Bertz CT molecular complexity index is 1120. The van der Waals surface area contributed by atoms with E-state index in [0.717, 1.165) is 51.4 Å². The fraction of sp³-hybridized carbons (Fsp3) is 0.873. The van der Waals surface area contributed by atoms with Gasteiger partial charge in [0.05, 0.1) is 25.4 Å². The molecule has 1 amide bonds. The molecule has 0 aliphatic heterocycles. The number of unbranched alkanes of at least 4 members (excludes halogenated alkanes) is 42. The minimum absolute atomic E-state index is 0.00637. The highest BCUT2D eigenvalue weighted by molar-refractivity contribution is 5.76. The van der Waals surface area contributed by atoms with Crippen molar-refractivity contribution in [3.8, 4) is 0 Å². The van der Waals surface area contributed by atoms with Crippen molar-refractivity contribution in [1.29, 1.82) is 0 Å². The van der Waals surface area contributed by atoms with Crippen LogP contribution in [0.5, 0.6) is 0 Å². The summed E-state index contributed by atoms with van der Waals surface area (Å²) in [5, 5.41) is 23.0. The Morgan fingerprint density at radius 3 is 1.03 bits per heavy atom. The van der Waals surface area contributed by atoms with Crippen LogP contribution in [-0.4, -0.2) is 47.4 Å². The van der Waals surface area contributed by atoms with Crippen LogP contribution in [0, 0.1) is 0 Å². The summed E-state index contributed by atoms with van der Waals surface area (Å²) >= 11 is 0. The van der Waals surface area contributed by atoms with Gasteiger partial charge in [0.1, 0.15) is 0 Å². The molecule has 6 heteroatoms. The van der Waals surface area contributed by atoms with Crippen LogP contribution in [0.15, 0.2) is 36.5 Å². The standard InChI is InChI=1S/C63H119NO5/c1-3-5-7-9-11-13-15-17-18-19-27-30-33-37-41-45-49-53-57-63(68)69-58-54-50-46-42-38-34-31-28-25-23-21-20-22-24-26-29-32-36-40-44-48-52-56-62(67)64-60(59-65)61(66)55-51-47-43-39-35-16-14-12-10-8-6-4-2/h18-19,22,24,51,55,60-61,65-66H,3-17,20-21,23,25-50,52-54,56-59H2,1-2H3,(H,64,67)/b19-18-,24-22-,55-51+. The fourth-order valence-corrected chi connectivity index (χ4v) is 9.39. The molecule has 0 aromatic heterocycles. The van der Waals surface area contributed by atoms with Gasteiger partial charge in [-0.15, -0.1) is 0 Å². The normalized spacial score (nSPS) is 12.8. The third-order valence-electron chi connectivity index (χ3n) is 14.1. The highest BCUT2D eigenvalue weighted by Crippen LogP contribution is 2.16. The Morgan fingerprint density at radius 2 is 0.681 bits per heavy atom. The summed E-state index contributed by atoms with van der Waals surface area (Å²) in [5.41, 5.74) is 0. The number of hydrogen-bond acceptors (Lipinski definition) is 5. The molecule has 0 spiro atoms. The van der Waals surface area contributed by atoms with Crippen molar-refractivity contribution in [3.05, 3.63) is 36.5 Å². The SMILES string of the molecule is CCCCCCCCC/C=C\CCCCCCCCCC(=O)OCCCCCCCCCCCCC/C=C\CCCCCCCCCC(=O)NC(CO)C(O)/C=C/CCCCCCCCCCCC. The Kier molecular flexibility index (Phi) is 57.0. The average molecular weight is 971 g/mol. The van der Waals surface area contributed by atoms with Crippen LogP contribution in [-0.2, 0) is 14.3 Å². The Hall–Kier alpha value is -1.92. The fourth-order valence-electron chi connectivity index (χ4n) is 9.39. The van der Waals surface area contributed by atoms with Gasteiger partial charge in [0, 0.05) is 12.8 Å². The quantitative estimate of drug-likeness (QED) is 0.0321. The zero-order chi connectivity index (χ0) is 50.0. The average Bonchev–Trinajstić information content (AvgIpc) is 3.35. The first-order chi connectivity index (χ1) is 34.0. The van der Waals surface area contributed by atoms with E-state index >= 15 is 0 Å². The van der Waals surface area contributed by atoms with E-state index in [9.17, 15) is 19.8 Å². The highest BCUT2D eigenvalue weighted by Gasteiger charge is 2.18. The van der Waals surface area contributed by atoms with Gasteiger partial charge in [0.25, 0.3) is 0 Å². The van der Waals surface area contributed by atoms with Crippen LogP contribution in [0.3, 0.4) is 0 Å². The molecule has 0 aliphatic rings. The zero-order valence-electron chi connectivity index (χ0n) is 46.3. The molecule has 0 heterocycles. The summed E-state index contributed by atoms with van der Waals surface area (Å²) in [6.07, 6.45) is 73.3. The number of allylic oxidation sites excluding steroid dienone is 5. The molecule has 6 nitrogen and oxygen atoms in total. The van der Waals surface area contributed by atoms with E-state index in [1.165, 1.54) is 250 Å². The summed E-state index contributed by atoms with van der Waals surface area (Å²) in [4.78, 5) is 24.5. The molecule has 406 valence electrons. The predicted octanol–water partition coefficient (Wildman–Crippen LogP) is 19.2. The molecule has 2 atom stereocenters. The topological polar surface area (TPSA) is 95.9 Å². The van der Waals surface area contributed by atoms with Crippen molar-refractivity contribution in [2.24, 2.45) is 0 Å². The van der Waals surface area contributed by atoms with Crippen LogP contribution in [0.4, 0.5) is 0 Å². The van der Waals surface area contributed by atoms with Gasteiger partial charge < -0.3 is 20.3 Å². The monoisotopic (exact) mass is 970 g/mol. The minimum Gasteiger partial charge on any atom is -0.466 e. The number of rotatable bonds is 57. The van der Waals surface area contributed by atoms with Crippen LogP contribution in [0.25, 0.3) is 0 Å². The summed E-state index contributed by atoms with van der Waals surface area (Å²) < 4.78 is 5.49. The molecule has 0 saturated heterocycles. The third kappa shape index (κ3) is 55.2. The summed E-state index contributed by atoms with van der Waals surface area (Å²) in [6.45, 7) is 4.90. The van der Waals surface area contributed by atoms with E-state index in [1.807, 2.05) is 6.08 Å². The number of aliphatic hydroxyl groups excluding tert-OH is 2. The van der Waals surface area contributed by atoms with Gasteiger partial charge in [-0.1, -0.05) is 269 Å². The van der Waals surface area contributed by atoms with Gasteiger partial charge in [-0.2, -0.15) is 0 Å². The van der Waals surface area contributed by atoms with Crippen molar-refractivity contribution in [3.63, 3.8) is 0 Å². The zero-order valence-corrected chi connectivity index (χ0v) is 46.3. The number of nitrogens with one attached hydrogen (secondary N) is 1. The predicted molar refractivity (Wildman–Crippen MR) is 301 cm³/mol. The molecular weight excluding hydrogens is 851 g/mol. The molecule has 0 bridgehead atoms. The molecule has 0 saturated carbocycles. The highest BCUT2D eigenvalue weighted by atomic mass is 16.5. The molecule has 2 unspecified atom stereocenters. The number of aliphatic hydroxyl groups is 2. The second-order valence-corrected chi connectivity index (χ2v) is 21.0. The molecule has 0 radical (unpaired) electrons. The molecule has 0 aromatic rings. The van der Waals surface area contributed by atoms with Crippen LogP contribution >= 0.6 is 0 Å². The van der Waals surface area contributed by atoms with E-state index in [4.69, 9.17) is 4.74 Å². The smallest absolute Gasteiger partial charge is 0.305 e. The van der Waals surface area contributed by atoms with E-state index in [1.54, 1.807) is 6.08 Å². The Balaban J connectivity index is 3.41. The number of carbonyl (C=O) groups is 2. The van der Waals surface area contributed by atoms with Crippen molar-refractivity contribution in [1.82, 2.24) is 5.32 Å². The second-order valence-electron chi connectivity index (χ2n) is 21.0. The molecule has 69 heavy (non-hydrogen) atoms. The number of esters is 1. The maximum absolute atomic E-state index is 12.4. The first-order valence-electron chi connectivity index (χ1n) is 30.8. The molecule has 0 rings (SSSR count). The van der Waals surface area contributed by atoms with E-state index in [-0.39, 0.29) is 18.5 Å².